The van der Waals surface area contributed by atoms with E-state index in [1.165, 1.54) is 4.88 Å². The maximum Gasteiger partial charge on any atom is 0.155 e. The van der Waals surface area contributed by atoms with Crippen LogP contribution >= 0.6 is 11.3 Å². The van der Waals surface area contributed by atoms with Gasteiger partial charge >= 0.3 is 0 Å². The number of nitrogens with one attached hydrogen (secondary N) is 1. The van der Waals surface area contributed by atoms with Crippen LogP contribution in [0, 0.1) is 0 Å². The molecule has 0 atom stereocenters. The van der Waals surface area contributed by atoms with Gasteiger partial charge in [0, 0.05) is 16.8 Å². The van der Waals surface area contributed by atoms with Crippen molar-refractivity contribution in [1.82, 2.24) is 14.9 Å². The lowest BCUT2D eigenvalue weighted by Crippen LogP contribution is -2.25. The number of fused-ring (bicyclic) bond motifs is 1. The second-order valence-electron chi connectivity index (χ2n) is 6.10. The number of thiophene rings is 1. The summed E-state index contributed by atoms with van der Waals surface area (Å²) in [4.78, 5) is 13.1. The largest absolute Gasteiger partial charge is 0.369 e. The van der Waals surface area contributed by atoms with Crippen LogP contribution in [0.25, 0.3) is 23.1 Å². The standard InChI is InChI=1S/C21H26N4S/c1-3-25(4-2)15-8-14-22-21-18-10-5-6-11-19(18)23-20(24-21)13-12-17-9-7-16-26-17/h5-7,9-13,16H,3-4,8,14-15H2,1-2H3,(H,22,23,24). The minimum atomic E-state index is 0.739. The van der Waals surface area contributed by atoms with Crippen LogP contribution in [-0.4, -0.2) is 41.0 Å². The number of aromatic nitrogens is 2. The van der Waals surface area contributed by atoms with E-state index >= 15 is 0 Å². The van der Waals surface area contributed by atoms with E-state index in [1.54, 1.807) is 11.3 Å². The maximum absolute atomic E-state index is 4.74. The summed E-state index contributed by atoms with van der Waals surface area (Å²) in [5.74, 6) is 1.66. The molecule has 0 aliphatic heterocycles. The van der Waals surface area contributed by atoms with Gasteiger partial charge < -0.3 is 10.2 Å². The first kappa shape index (κ1) is 18.5. The van der Waals surface area contributed by atoms with E-state index in [4.69, 9.17) is 4.98 Å². The molecule has 0 saturated carbocycles. The van der Waals surface area contributed by atoms with Crippen LogP contribution in [0.5, 0.6) is 0 Å². The van der Waals surface area contributed by atoms with Gasteiger partial charge in [-0.3, -0.25) is 0 Å². The Morgan fingerprint density at radius 1 is 1.04 bits per heavy atom. The molecule has 3 rings (SSSR count). The lowest BCUT2D eigenvalue weighted by Gasteiger charge is -2.18. The molecule has 0 spiro atoms. The third-order valence-electron chi connectivity index (χ3n) is 4.40. The van der Waals surface area contributed by atoms with E-state index in [1.807, 2.05) is 24.3 Å². The molecule has 0 amide bonds. The minimum Gasteiger partial charge on any atom is -0.369 e. The summed E-state index contributed by atoms with van der Waals surface area (Å²) in [6.45, 7) is 8.64. The van der Waals surface area contributed by atoms with E-state index in [0.717, 1.165) is 55.1 Å². The van der Waals surface area contributed by atoms with Crippen molar-refractivity contribution in [3.05, 3.63) is 52.5 Å². The van der Waals surface area contributed by atoms with Crippen LogP contribution in [-0.2, 0) is 0 Å². The highest BCUT2D eigenvalue weighted by molar-refractivity contribution is 7.10. The summed E-state index contributed by atoms with van der Waals surface area (Å²) in [6.07, 6.45) is 5.15. The summed E-state index contributed by atoms with van der Waals surface area (Å²) in [6, 6.07) is 12.3. The van der Waals surface area contributed by atoms with Crippen LogP contribution in [0.4, 0.5) is 5.82 Å². The van der Waals surface area contributed by atoms with E-state index in [-0.39, 0.29) is 0 Å². The van der Waals surface area contributed by atoms with Crippen molar-refractivity contribution in [2.24, 2.45) is 0 Å². The highest BCUT2D eigenvalue weighted by atomic mass is 32.1. The lowest BCUT2D eigenvalue weighted by molar-refractivity contribution is 0.303. The zero-order valence-corrected chi connectivity index (χ0v) is 16.3. The van der Waals surface area contributed by atoms with Crippen LogP contribution < -0.4 is 5.32 Å². The summed E-state index contributed by atoms with van der Waals surface area (Å²) in [7, 11) is 0. The topological polar surface area (TPSA) is 41.0 Å². The SMILES string of the molecule is CCN(CC)CCCNc1nc(C=Cc2cccs2)nc2ccccc12. The first-order valence-electron chi connectivity index (χ1n) is 9.24. The van der Waals surface area contributed by atoms with Crippen molar-refractivity contribution in [3.8, 4) is 0 Å². The zero-order valence-electron chi connectivity index (χ0n) is 15.5. The van der Waals surface area contributed by atoms with Crippen molar-refractivity contribution >= 4 is 40.2 Å². The molecule has 2 aromatic heterocycles. The molecule has 0 aliphatic carbocycles. The molecule has 2 heterocycles. The minimum absolute atomic E-state index is 0.739. The Morgan fingerprint density at radius 3 is 2.65 bits per heavy atom. The van der Waals surface area contributed by atoms with E-state index < -0.39 is 0 Å². The molecule has 0 saturated heterocycles. The van der Waals surface area contributed by atoms with Gasteiger partial charge in [-0.15, -0.1) is 11.3 Å². The fraction of sp³-hybridized carbons (Fsp3) is 0.333. The molecule has 5 heteroatoms. The molecule has 3 aromatic rings. The summed E-state index contributed by atoms with van der Waals surface area (Å²) >= 11 is 1.71. The summed E-state index contributed by atoms with van der Waals surface area (Å²) in [5, 5.41) is 6.66. The molecule has 4 nitrogen and oxygen atoms in total. The van der Waals surface area contributed by atoms with Crippen LogP contribution in [0.1, 0.15) is 31.0 Å². The monoisotopic (exact) mass is 366 g/mol. The molecule has 0 radical (unpaired) electrons. The number of hydrogen-bond donors (Lipinski definition) is 1. The third kappa shape index (κ3) is 4.90. The van der Waals surface area contributed by atoms with Crippen molar-refractivity contribution in [3.63, 3.8) is 0 Å². The smallest absolute Gasteiger partial charge is 0.155 e. The summed E-state index contributed by atoms with van der Waals surface area (Å²) < 4.78 is 0. The van der Waals surface area contributed by atoms with Gasteiger partial charge in [-0.25, -0.2) is 9.97 Å². The molecule has 0 fully saturated rings. The zero-order chi connectivity index (χ0) is 18.2. The van der Waals surface area contributed by atoms with Gasteiger partial charge in [0.05, 0.1) is 5.52 Å². The molecule has 0 bridgehead atoms. The number of rotatable bonds is 9. The lowest BCUT2D eigenvalue weighted by atomic mass is 10.2. The highest BCUT2D eigenvalue weighted by Crippen LogP contribution is 2.21. The average molecular weight is 367 g/mol. The maximum atomic E-state index is 4.74. The van der Waals surface area contributed by atoms with Crippen molar-refractivity contribution in [2.45, 2.75) is 20.3 Å². The van der Waals surface area contributed by atoms with E-state index in [9.17, 15) is 0 Å². The second-order valence-corrected chi connectivity index (χ2v) is 7.08. The first-order chi connectivity index (χ1) is 12.8. The number of benzene rings is 1. The molecular formula is C21H26N4S. The number of anilines is 1. The van der Waals surface area contributed by atoms with Crippen molar-refractivity contribution < 1.29 is 0 Å². The molecule has 26 heavy (non-hydrogen) atoms. The quantitative estimate of drug-likeness (QED) is 0.541. The van der Waals surface area contributed by atoms with Gasteiger partial charge in [0.15, 0.2) is 5.82 Å². The van der Waals surface area contributed by atoms with E-state index in [2.05, 4.69) is 58.7 Å². The Kier molecular flexibility index (Phi) is 6.75. The van der Waals surface area contributed by atoms with Crippen LogP contribution in [0.3, 0.4) is 0 Å². The Labute approximate surface area is 159 Å². The van der Waals surface area contributed by atoms with Crippen molar-refractivity contribution in [1.29, 1.82) is 0 Å². The van der Waals surface area contributed by atoms with Gasteiger partial charge in [-0.05, 0) is 61.8 Å². The van der Waals surface area contributed by atoms with Gasteiger partial charge in [-0.2, -0.15) is 0 Å². The van der Waals surface area contributed by atoms with Crippen LogP contribution in [0.2, 0.25) is 0 Å². The normalized spacial score (nSPS) is 11.7. The number of nitrogens with zero attached hydrogens (tertiary/aromatic N) is 3. The molecule has 0 unspecified atom stereocenters. The summed E-state index contributed by atoms with van der Waals surface area (Å²) in [5.41, 5.74) is 0.972. The van der Waals surface area contributed by atoms with Crippen LogP contribution in [0.15, 0.2) is 41.8 Å². The number of hydrogen-bond acceptors (Lipinski definition) is 5. The molecule has 136 valence electrons. The van der Waals surface area contributed by atoms with Gasteiger partial charge in [0.2, 0.25) is 0 Å². The second kappa shape index (κ2) is 9.46. The molecular weight excluding hydrogens is 340 g/mol. The van der Waals surface area contributed by atoms with E-state index in [0.29, 0.717) is 0 Å². The average Bonchev–Trinajstić information content (AvgIpc) is 3.20. The highest BCUT2D eigenvalue weighted by Gasteiger charge is 2.06. The third-order valence-corrected chi connectivity index (χ3v) is 5.24. The fourth-order valence-corrected chi connectivity index (χ4v) is 3.51. The molecule has 1 aromatic carbocycles. The molecule has 0 aliphatic rings. The fourth-order valence-electron chi connectivity index (χ4n) is 2.90. The Morgan fingerprint density at radius 2 is 1.88 bits per heavy atom. The Bertz CT molecular complexity index is 838. The molecule has 1 N–H and O–H groups in total. The van der Waals surface area contributed by atoms with Gasteiger partial charge in [0.25, 0.3) is 0 Å². The Balaban J connectivity index is 1.74. The van der Waals surface area contributed by atoms with Gasteiger partial charge in [0.1, 0.15) is 5.82 Å². The van der Waals surface area contributed by atoms with Crippen molar-refractivity contribution in [2.75, 3.05) is 31.5 Å². The predicted octanol–water partition coefficient (Wildman–Crippen LogP) is 5.01. The van der Waals surface area contributed by atoms with Gasteiger partial charge in [-0.1, -0.05) is 32.0 Å². The predicted molar refractivity (Wildman–Crippen MR) is 114 cm³/mol. The first-order valence-corrected chi connectivity index (χ1v) is 10.1. The Hall–Kier alpha value is -2.24. The number of para-hydroxylation sites is 1.